The van der Waals surface area contributed by atoms with Gasteiger partial charge in [0.2, 0.25) is 0 Å². The van der Waals surface area contributed by atoms with Crippen LogP contribution in [0, 0.1) is 11.8 Å². The lowest BCUT2D eigenvalue weighted by Gasteiger charge is -2.20. The summed E-state index contributed by atoms with van der Waals surface area (Å²) in [5.74, 6) is 8.47. The van der Waals surface area contributed by atoms with Crippen LogP contribution in [0.4, 0.5) is 0 Å². The molecule has 2 aromatic rings. The first-order chi connectivity index (χ1) is 12.3. The van der Waals surface area contributed by atoms with Gasteiger partial charge >= 0.3 is 0 Å². The number of aromatic nitrogens is 3. The Balaban J connectivity index is 1.62. The van der Waals surface area contributed by atoms with Gasteiger partial charge in [-0.25, -0.2) is 0 Å². The van der Waals surface area contributed by atoms with Gasteiger partial charge in [-0.05, 0) is 31.5 Å². The Bertz CT molecular complexity index is 803. The second-order valence-corrected chi connectivity index (χ2v) is 7.81. The molecule has 0 bridgehead atoms. The van der Waals surface area contributed by atoms with E-state index in [2.05, 4.69) is 57.5 Å². The predicted molar refractivity (Wildman–Crippen MR) is 103 cm³/mol. The normalized spacial score (nSPS) is 15.3. The second kappa shape index (κ2) is 7.61. The van der Waals surface area contributed by atoms with E-state index in [-0.39, 0.29) is 0 Å². The highest BCUT2D eigenvalue weighted by Gasteiger charge is 2.20. The minimum absolute atomic E-state index is 0.403. The van der Waals surface area contributed by atoms with Crippen LogP contribution < -0.4 is 0 Å². The van der Waals surface area contributed by atoms with Gasteiger partial charge in [-0.15, -0.1) is 10.2 Å². The summed E-state index contributed by atoms with van der Waals surface area (Å²) < 4.78 is 2.29. The number of benzene rings is 1. The molecule has 1 N–H and O–H groups in total. The molecule has 3 rings (SSSR count). The highest BCUT2D eigenvalue weighted by Crippen LogP contribution is 2.17. The van der Waals surface area contributed by atoms with E-state index in [9.17, 15) is 5.11 Å². The Kier molecular flexibility index (Phi) is 5.45. The van der Waals surface area contributed by atoms with Crippen molar-refractivity contribution in [2.45, 2.75) is 58.7 Å². The molecule has 5 nitrogen and oxygen atoms in total. The Hall–Kier alpha value is -2.16. The third-order valence-corrected chi connectivity index (χ3v) is 4.54. The van der Waals surface area contributed by atoms with Crippen LogP contribution in [0.15, 0.2) is 24.3 Å². The van der Waals surface area contributed by atoms with Crippen LogP contribution >= 0.6 is 0 Å². The van der Waals surface area contributed by atoms with Gasteiger partial charge in [0.15, 0.2) is 0 Å². The average molecular weight is 352 g/mol. The van der Waals surface area contributed by atoms with Crippen molar-refractivity contribution in [3.05, 3.63) is 47.0 Å². The molecule has 1 aliphatic heterocycles. The SMILES string of the molecule is CC(C)c1nnc2n1CCN(Cc1ccc(C#CC(C)(C)O)cc1)CC2. The van der Waals surface area contributed by atoms with E-state index in [1.54, 1.807) is 13.8 Å². The van der Waals surface area contributed by atoms with Crippen molar-refractivity contribution in [3.63, 3.8) is 0 Å². The highest BCUT2D eigenvalue weighted by molar-refractivity contribution is 5.37. The molecule has 0 saturated carbocycles. The number of aliphatic hydroxyl groups is 1. The molecule has 0 fully saturated rings. The lowest BCUT2D eigenvalue weighted by molar-refractivity contribution is 0.143. The number of fused-ring (bicyclic) bond motifs is 1. The van der Waals surface area contributed by atoms with Gasteiger partial charge in [-0.1, -0.05) is 37.8 Å². The quantitative estimate of drug-likeness (QED) is 0.863. The van der Waals surface area contributed by atoms with Crippen LogP contribution in [0.5, 0.6) is 0 Å². The van der Waals surface area contributed by atoms with Crippen molar-refractivity contribution < 1.29 is 5.11 Å². The van der Waals surface area contributed by atoms with Crippen molar-refractivity contribution in [1.29, 1.82) is 0 Å². The van der Waals surface area contributed by atoms with Crippen molar-refractivity contribution in [2.75, 3.05) is 13.1 Å². The van der Waals surface area contributed by atoms with Crippen molar-refractivity contribution >= 4 is 0 Å². The van der Waals surface area contributed by atoms with Crippen molar-refractivity contribution in [2.24, 2.45) is 0 Å². The van der Waals surface area contributed by atoms with Gasteiger partial charge in [0.25, 0.3) is 0 Å². The van der Waals surface area contributed by atoms with Crippen molar-refractivity contribution in [1.82, 2.24) is 19.7 Å². The predicted octanol–water partition coefficient (Wildman–Crippen LogP) is 2.58. The Labute approximate surface area is 156 Å². The molecule has 0 unspecified atom stereocenters. The molecule has 2 heterocycles. The van der Waals surface area contributed by atoms with Crippen LogP contribution in [0.3, 0.4) is 0 Å². The molecular formula is C21H28N4O. The lowest BCUT2D eigenvalue weighted by atomic mass is 10.1. The third kappa shape index (κ3) is 4.72. The fourth-order valence-electron chi connectivity index (χ4n) is 3.15. The Morgan fingerprint density at radius 3 is 2.50 bits per heavy atom. The molecular weight excluding hydrogens is 324 g/mol. The fraction of sp³-hybridized carbons (Fsp3) is 0.524. The molecule has 1 aliphatic rings. The van der Waals surface area contributed by atoms with Crippen LogP contribution in [0.1, 0.15) is 56.4 Å². The molecule has 0 aliphatic carbocycles. The zero-order valence-corrected chi connectivity index (χ0v) is 16.2. The number of rotatable bonds is 3. The number of hydrogen-bond acceptors (Lipinski definition) is 4. The first kappa shape index (κ1) is 18.6. The third-order valence-electron chi connectivity index (χ3n) is 4.54. The minimum Gasteiger partial charge on any atom is -0.378 e. The fourth-order valence-corrected chi connectivity index (χ4v) is 3.15. The van der Waals surface area contributed by atoms with Crippen LogP contribution in [0.2, 0.25) is 0 Å². The number of nitrogens with zero attached hydrogens (tertiary/aromatic N) is 4. The summed E-state index contributed by atoms with van der Waals surface area (Å²) in [6, 6.07) is 8.30. The number of hydrogen-bond donors (Lipinski definition) is 1. The molecule has 1 aromatic heterocycles. The van der Waals surface area contributed by atoms with E-state index >= 15 is 0 Å². The Morgan fingerprint density at radius 1 is 1.12 bits per heavy atom. The standard InChI is InChI=1S/C21H28N4O/c1-16(2)20-23-22-19-10-12-24(13-14-25(19)20)15-18-7-5-17(6-8-18)9-11-21(3,4)26/h5-8,16,26H,10,12-15H2,1-4H3. The smallest absolute Gasteiger partial charge is 0.135 e. The van der Waals surface area contributed by atoms with Crippen LogP contribution in [-0.2, 0) is 19.5 Å². The summed E-state index contributed by atoms with van der Waals surface area (Å²) in [7, 11) is 0. The zero-order valence-electron chi connectivity index (χ0n) is 16.2. The maximum atomic E-state index is 9.70. The lowest BCUT2D eigenvalue weighted by Crippen LogP contribution is -2.26. The summed E-state index contributed by atoms with van der Waals surface area (Å²) in [6.45, 7) is 11.6. The van der Waals surface area contributed by atoms with E-state index in [1.165, 1.54) is 5.56 Å². The molecule has 1 aromatic carbocycles. The minimum atomic E-state index is -0.959. The molecule has 138 valence electrons. The Morgan fingerprint density at radius 2 is 1.85 bits per heavy atom. The summed E-state index contributed by atoms with van der Waals surface area (Å²) in [5, 5.41) is 18.4. The van der Waals surface area contributed by atoms with E-state index in [1.807, 2.05) is 12.1 Å². The van der Waals surface area contributed by atoms with Crippen molar-refractivity contribution in [3.8, 4) is 11.8 Å². The highest BCUT2D eigenvalue weighted by atomic mass is 16.3. The molecule has 0 amide bonds. The van der Waals surface area contributed by atoms with E-state index < -0.39 is 5.60 Å². The van der Waals surface area contributed by atoms with E-state index in [4.69, 9.17) is 0 Å². The summed E-state index contributed by atoms with van der Waals surface area (Å²) in [6.07, 6.45) is 0.939. The van der Waals surface area contributed by atoms with Crippen LogP contribution in [-0.4, -0.2) is 43.5 Å². The average Bonchev–Trinajstić information content (AvgIpc) is 2.89. The summed E-state index contributed by atoms with van der Waals surface area (Å²) in [4.78, 5) is 2.47. The van der Waals surface area contributed by atoms with Gasteiger partial charge in [-0.3, -0.25) is 4.90 Å². The summed E-state index contributed by atoms with van der Waals surface area (Å²) in [5.41, 5.74) is 1.25. The van der Waals surface area contributed by atoms with Crippen LogP contribution in [0.25, 0.3) is 0 Å². The molecule has 0 saturated heterocycles. The van der Waals surface area contributed by atoms with Gasteiger partial charge in [0.05, 0.1) is 0 Å². The van der Waals surface area contributed by atoms with E-state index in [0.717, 1.165) is 49.8 Å². The monoisotopic (exact) mass is 352 g/mol. The largest absolute Gasteiger partial charge is 0.378 e. The van der Waals surface area contributed by atoms with E-state index in [0.29, 0.717) is 5.92 Å². The zero-order chi connectivity index (χ0) is 18.7. The first-order valence-corrected chi connectivity index (χ1v) is 9.30. The van der Waals surface area contributed by atoms with Gasteiger partial charge < -0.3 is 9.67 Å². The molecule has 26 heavy (non-hydrogen) atoms. The second-order valence-electron chi connectivity index (χ2n) is 7.81. The van der Waals surface area contributed by atoms with Gasteiger partial charge in [0, 0.05) is 44.1 Å². The maximum absolute atomic E-state index is 9.70. The molecule has 0 atom stereocenters. The van der Waals surface area contributed by atoms with Gasteiger partial charge in [0.1, 0.15) is 17.2 Å². The molecule has 0 spiro atoms. The summed E-state index contributed by atoms with van der Waals surface area (Å²) >= 11 is 0. The molecule has 5 heteroatoms. The van der Waals surface area contributed by atoms with Gasteiger partial charge in [-0.2, -0.15) is 0 Å². The maximum Gasteiger partial charge on any atom is 0.135 e. The molecule has 0 radical (unpaired) electrons. The topological polar surface area (TPSA) is 54.2 Å². The first-order valence-electron chi connectivity index (χ1n) is 9.30.